The summed E-state index contributed by atoms with van der Waals surface area (Å²) in [5, 5.41) is 4.06. The lowest BCUT2D eigenvalue weighted by Crippen LogP contribution is -2.46. The first-order valence-corrected chi connectivity index (χ1v) is 12.5. The molecule has 0 unspecified atom stereocenters. The quantitative estimate of drug-likeness (QED) is 0.514. The number of ether oxygens (including phenoxy) is 2. The Balaban J connectivity index is 1.81. The summed E-state index contributed by atoms with van der Waals surface area (Å²) in [7, 11) is 3.15. The Morgan fingerprint density at radius 1 is 1.03 bits per heavy atom. The molecule has 8 nitrogen and oxygen atoms in total. The van der Waals surface area contributed by atoms with E-state index in [1.807, 2.05) is 12.1 Å². The number of fused-ring (bicyclic) bond motifs is 1. The van der Waals surface area contributed by atoms with Crippen LogP contribution in [0.3, 0.4) is 0 Å². The molecule has 34 heavy (non-hydrogen) atoms. The van der Waals surface area contributed by atoms with Crippen LogP contribution in [0.2, 0.25) is 0 Å². The number of pyridine rings is 1. The summed E-state index contributed by atoms with van der Waals surface area (Å²) >= 11 is 0. The zero-order valence-corrected chi connectivity index (χ0v) is 21.1. The standard InChI is InChI=1S/C26H40N4O4/c1-5-29(6-2)13-10-14-30(26(32)27-21-11-8-7-9-12-21)18-20-15-19-16-23(33-3)24(34-4)17-22(19)28-25(20)31/h15-17,21H,5-14,18H2,1-4H3,(H,27,32)(H,28,31). The second-order valence-corrected chi connectivity index (χ2v) is 9.00. The summed E-state index contributed by atoms with van der Waals surface area (Å²) in [4.78, 5) is 33.2. The molecule has 1 aromatic heterocycles. The van der Waals surface area contributed by atoms with Crippen molar-refractivity contribution in [1.82, 2.24) is 20.1 Å². The molecular weight excluding hydrogens is 432 g/mol. The molecule has 1 fully saturated rings. The second kappa shape index (κ2) is 12.6. The van der Waals surface area contributed by atoms with Crippen LogP contribution in [0.5, 0.6) is 11.5 Å². The van der Waals surface area contributed by atoms with Crippen molar-refractivity contribution < 1.29 is 14.3 Å². The van der Waals surface area contributed by atoms with Crippen molar-refractivity contribution in [3.05, 3.63) is 34.1 Å². The van der Waals surface area contributed by atoms with Crippen molar-refractivity contribution in [2.45, 2.75) is 65.0 Å². The Morgan fingerprint density at radius 3 is 2.35 bits per heavy atom. The number of carbonyl (C=O) groups excluding carboxylic acids is 1. The summed E-state index contributed by atoms with van der Waals surface area (Å²) in [6, 6.07) is 5.59. The monoisotopic (exact) mass is 472 g/mol. The summed E-state index contributed by atoms with van der Waals surface area (Å²) in [5.74, 6) is 1.16. The van der Waals surface area contributed by atoms with E-state index in [-0.39, 0.29) is 24.2 Å². The van der Waals surface area contributed by atoms with Crippen LogP contribution in [0.4, 0.5) is 4.79 Å². The minimum Gasteiger partial charge on any atom is -0.493 e. The molecule has 0 atom stereocenters. The van der Waals surface area contributed by atoms with Gasteiger partial charge in [0.25, 0.3) is 5.56 Å². The van der Waals surface area contributed by atoms with Crippen molar-refractivity contribution in [2.24, 2.45) is 0 Å². The minimum atomic E-state index is -0.195. The maximum Gasteiger partial charge on any atom is 0.317 e. The Morgan fingerprint density at radius 2 is 1.71 bits per heavy atom. The summed E-state index contributed by atoms with van der Waals surface area (Å²) in [5.41, 5.74) is 1.03. The van der Waals surface area contributed by atoms with E-state index >= 15 is 0 Å². The summed E-state index contributed by atoms with van der Waals surface area (Å²) < 4.78 is 10.8. The zero-order valence-electron chi connectivity index (χ0n) is 21.1. The number of hydrogen-bond acceptors (Lipinski definition) is 5. The van der Waals surface area contributed by atoms with Crippen LogP contribution in [0.1, 0.15) is 57.9 Å². The summed E-state index contributed by atoms with van der Waals surface area (Å²) in [6.45, 7) is 8.05. The van der Waals surface area contributed by atoms with Gasteiger partial charge in [0.2, 0.25) is 0 Å². The van der Waals surface area contributed by atoms with Crippen molar-refractivity contribution in [3.8, 4) is 11.5 Å². The van der Waals surface area contributed by atoms with E-state index in [0.29, 0.717) is 29.1 Å². The molecule has 0 radical (unpaired) electrons. The molecule has 0 spiro atoms. The van der Waals surface area contributed by atoms with Gasteiger partial charge >= 0.3 is 6.03 Å². The maximum atomic E-state index is 13.2. The van der Waals surface area contributed by atoms with E-state index in [1.54, 1.807) is 25.2 Å². The van der Waals surface area contributed by atoms with Crippen LogP contribution < -0.4 is 20.3 Å². The molecule has 1 aliphatic carbocycles. The summed E-state index contributed by atoms with van der Waals surface area (Å²) in [6.07, 6.45) is 6.45. The van der Waals surface area contributed by atoms with Gasteiger partial charge < -0.3 is 29.6 Å². The SMILES string of the molecule is CCN(CC)CCCN(Cc1cc2cc(OC)c(OC)cc2[nH]c1=O)C(=O)NC1CCCCC1. The molecule has 2 N–H and O–H groups in total. The molecule has 3 rings (SSSR count). The molecule has 1 saturated carbocycles. The lowest BCUT2D eigenvalue weighted by molar-refractivity contribution is 0.182. The Kier molecular flexibility index (Phi) is 9.62. The first-order chi connectivity index (χ1) is 16.5. The van der Waals surface area contributed by atoms with Gasteiger partial charge in [-0.15, -0.1) is 0 Å². The molecule has 8 heteroatoms. The molecule has 0 saturated heterocycles. The number of urea groups is 1. The highest BCUT2D eigenvalue weighted by molar-refractivity contribution is 5.83. The predicted octanol–water partition coefficient (Wildman–Crippen LogP) is 4.12. The third-order valence-corrected chi connectivity index (χ3v) is 6.80. The highest BCUT2D eigenvalue weighted by Crippen LogP contribution is 2.31. The highest BCUT2D eigenvalue weighted by Gasteiger charge is 2.21. The first-order valence-electron chi connectivity index (χ1n) is 12.5. The van der Waals surface area contributed by atoms with Crippen LogP contribution in [0.15, 0.2) is 23.0 Å². The third-order valence-electron chi connectivity index (χ3n) is 6.80. The van der Waals surface area contributed by atoms with E-state index in [9.17, 15) is 9.59 Å². The molecule has 1 heterocycles. The average Bonchev–Trinajstić information content (AvgIpc) is 2.86. The number of H-pyrrole nitrogens is 1. The Labute approximate surface area is 202 Å². The van der Waals surface area contributed by atoms with Gasteiger partial charge in [-0.25, -0.2) is 4.79 Å². The van der Waals surface area contributed by atoms with Gasteiger partial charge in [0, 0.05) is 29.6 Å². The number of nitrogens with one attached hydrogen (secondary N) is 2. The molecule has 2 amide bonds. The lowest BCUT2D eigenvalue weighted by Gasteiger charge is -2.29. The number of amides is 2. The van der Waals surface area contributed by atoms with E-state index in [1.165, 1.54) is 6.42 Å². The maximum absolute atomic E-state index is 13.2. The van der Waals surface area contributed by atoms with Crippen LogP contribution in [0.25, 0.3) is 10.9 Å². The molecule has 2 aromatic rings. The van der Waals surface area contributed by atoms with Crippen LogP contribution in [-0.4, -0.2) is 67.3 Å². The van der Waals surface area contributed by atoms with E-state index < -0.39 is 0 Å². The highest BCUT2D eigenvalue weighted by atomic mass is 16.5. The number of hydrogen-bond donors (Lipinski definition) is 2. The van der Waals surface area contributed by atoms with Gasteiger partial charge in [0.05, 0.1) is 26.3 Å². The van der Waals surface area contributed by atoms with Crippen molar-refractivity contribution in [3.63, 3.8) is 0 Å². The lowest BCUT2D eigenvalue weighted by atomic mass is 9.96. The first kappa shape index (κ1) is 25.9. The Hall–Kier alpha value is -2.74. The van der Waals surface area contributed by atoms with Crippen molar-refractivity contribution in [1.29, 1.82) is 0 Å². The van der Waals surface area contributed by atoms with Gasteiger partial charge in [-0.05, 0) is 51.0 Å². The van der Waals surface area contributed by atoms with Gasteiger partial charge in [0.1, 0.15) is 0 Å². The number of benzene rings is 1. The molecule has 1 aromatic carbocycles. The fraction of sp³-hybridized carbons (Fsp3) is 0.615. The topological polar surface area (TPSA) is 86.9 Å². The molecule has 0 aliphatic heterocycles. The Bertz CT molecular complexity index is 996. The largest absolute Gasteiger partial charge is 0.493 e. The van der Waals surface area contributed by atoms with Crippen molar-refractivity contribution >= 4 is 16.9 Å². The normalized spacial score (nSPS) is 14.4. The second-order valence-electron chi connectivity index (χ2n) is 9.00. The van der Waals surface area contributed by atoms with Crippen molar-refractivity contribution in [2.75, 3.05) is 40.4 Å². The van der Waals surface area contributed by atoms with Gasteiger partial charge in [-0.2, -0.15) is 0 Å². The minimum absolute atomic E-state index is 0.0849. The molecule has 1 aliphatic rings. The predicted molar refractivity (Wildman–Crippen MR) is 136 cm³/mol. The van der Waals surface area contributed by atoms with Crippen LogP contribution in [-0.2, 0) is 6.54 Å². The number of methoxy groups -OCH3 is 2. The zero-order chi connectivity index (χ0) is 24.5. The number of nitrogens with zero attached hydrogens (tertiary/aromatic N) is 2. The van der Waals surface area contributed by atoms with E-state index in [0.717, 1.165) is 57.1 Å². The smallest absolute Gasteiger partial charge is 0.317 e. The number of rotatable bonds is 11. The number of aromatic nitrogens is 1. The molecule has 188 valence electrons. The molecule has 0 bridgehead atoms. The molecular formula is C26H40N4O4. The fourth-order valence-electron chi connectivity index (χ4n) is 4.69. The van der Waals surface area contributed by atoms with E-state index in [2.05, 4.69) is 29.0 Å². The van der Waals surface area contributed by atoms with Gasteiger partial charge in [-0.1, -0.05) is 33.1 Å². The van der Waals surface area contributed by atoms with Crippen LogP contribution >= 0.6 is 0 Å². The van der Waals surface area contributed by atoms with E-state index in [4.69, 9.17) is 9.47 Å². The fourth-order valence-corrected chi connectivity index (χ4v) is 4.69. The average molecular weight is 473 g/mol. The number of aromatic amines is 1. The number of carbonyl (C=O) groups is 1. The van der Waals surface area contributed by atoms with Crippen LogP contribution in [0, 0.1) is 0 Å². The van der Waals surface area contributed by atoms with Gasteiger partial charge in [0.15, 0.2) is 11.5 Å². The third kappa shape index (κ3) is 6.65. The van der Waals surface area contributed by atoms with Gasteiger partial charge in [-0.3, -0.25) is 4.79 Å².